The van der Waals surface area contributed by atoms with Crippen LogP contribution < -0.4 is 11.3 Å². The molecule has 0 aromatic rings. The van der Waals surface area contributed by atoms with Gasteiger partial charge in [0.2, 0.25) is 5.91 Å². The van der Waals surface area contributed by atoms with Crippen molar-refractivity contribution in [1.82, 2.24) is 5.43 Å². The Morgan fingerprint density at radius 1 is 1.20 bits per heavy atom. The number of hydrogen-bond acceptors (Lipinski definition) is 4. The molecule has 1 fully saturated rings. The minimum absolute atomic E-state index is 0. The predicted octanol–water partition coefficient (Wildman–Crippen LogP) is 0.377. The number of ether oxygens (including phenoxy) is 1. The molecule has 6 heteroatoms. The zero-order valence-electron chi connectivity index (χ0n) is 8.69. The molecule has 1 aliphatic carbocycles. The van der Waals surface area contributed by atoms with Crippen molar-refractivity contribution in [3.63, 3.8) is 0 Å². The maximum absolute atomic E-state index is 11.2. The first kappa shape index (κ1) is 14.2. The highest BCUT2D eigenvalue weighted by Gasteiger charge is 2.29. The van der Waals surface area contributed by atoms with Gasteiger partial charge in [-0.25, -0.2) is 5.84 Å². The standard InChI is InChI=1S/C9H16N2O3.ClH/c1-14-9(13)7-4-2-6(3-5-7)8(12)11-10;/h6-7H,2-5,10H2,1H3,(H,11,12);1H. The molecule has 0 aromatic heterocycles. The molecule has 5 nitrogen and oxygen atoms in total. The molecule has 15 heavy (non-hydrogen) atoms. The topological polar surface area (TPSA) is 81.4 Å². The lowest BCUT2D eigenvalue weighted by molar-refractivity contribution is -0.147. The summed E-state index contributed by atoms with van der Waals surface area (Å²) in [5.41, 5.74) is 2.14. The summed E-state index contributed by atoms with van der Waals surface area (Å²) in [6.45, 7) is 0. The van der Waals surface area contributed by atoms with E-state index in [1.54, 1.807) is 0 Å². The molecule has 88 valence electrons. The van der Waals surface area contributed by atoms with Crippen molar-refractivity contribution < 1.29 is 14.3 Å². The van der Waals surface area contributed by atoms with Crippen molar-refractivity contribution in [1.29, 1.82) is 0 Å². The van der Waals surface area contributed by atoms with Gasteiger partial charge in [-0.15, -0.1) is 12.4 Å². The van der Waals surface area contributed by atoms with E-state index in [9.17, 15) is 9.59 Å². The molecule has 0 heterocycles. The minimum Gasteiger partial charge on any atom is -0.469 e. The SMILES string of the molecule is COC(=O)C1CCC(C(=O)NN)CC1.Cl. The number of amides is 1. The van der Waals surface area contributed by atoms with Crippen LogP contribution in [0.5, 0.6) is 0 Å². The van der Waals surface area contributed by atoms with Gasteiger partial charge in [-0.2, -0.15) is 0 Å². The minimum atomic E-state index is -0.170. The molecule has 3 N–H and O–H groups in total. The number of carbonyl (C=O) groups is 2. The van der Waals surface area contributed by atoms with E-state index in [1.807, 2.05) is 0 Å². The lowest BCUT2D eigenvalue weighted by Gasteiger charge is -2.25. The van der Waals surface area contributed by atoms with Crippen LogP contribution in [0.25, 0.3) is 0 Å². The zero-order chi connectivity index (χ0) is 10.6. The van der Waals surface area contributed by atoms with E-state index in [0.717, 1.165) is 0 Å². The number of carbonyl (C=O) groups excluding carboxylic acids is 2. The normalized spacial score (nSPS) is 24.9. The van der Waals surface area contributed by atoms with Gasteiger partial charge in [0.25, 0.3) is 0 Å². The van der Waals surface area contributed by atoms with Gasteiger partial charge in [-0.1, -0.05) is 0 Å². The predicted molar refractivity (Wildman–Crippen MR) is 57.0 cm³/mol. The lowest BCUT2D eigenvalue weighted by Crippen LogP contribution is -2.38. The van der Waals surface area contributed by atoms with Gasteiger partial charge in [0.05, 0.1) is 13.0 Å². The fourth-order valence-corrected chi connectivity index (χ4v) is 1.88. The molecule has 1 rings (SSSR count). The van der Waals surface area contributed by atoms with E-state index in [4.69, 9.17) is 5.84 Å². The Hall–Kier alpha value is -0.810. The summed E-state index contributed by atoms with van der Waals surface area (Å²) < 4.78 is 4.65. The second-order valence-electron chi connectivity index (χ2n) is 3.58. The third-order valence-electron chi connectivity index (χ3n) is 2.77. The van der Waals surface area contributed by atoms with Crippen LogP contribution in [-0.2, 0) is 14.3 Å². The molecule has 0 spiro atoms. The molecule has 0 aliphatic heterocycles. The Morgan fingerprint density at radius 3 is 2.07 bits per heavy atom. The highest BCUT2D eigenvalue weighted by atomic mass is 35.5. The monoisotopic (exact) mass is 236 g/mol. The van der Waals surface area contributed by atoms with Gasteiger partial charge in [-0.05, 0) is 25.7 Å². The van der Waals surface area contributed by atoms with Gasteiger partial charge in [0.1, 0.15) is 0 Å². The maximum atomic E-state index is 11.2. The molecule has 0 radical (unpaired) electrons. The van der Waals surface area contributed by atoms with Crippen molar-refractivity contribution in [3.05, 3.63) is 0 Å². The zero-order valence-corrected chi connectivity index (χ0v) is 9.51. The molecular formula is C9H17ClN2O3. The highest BCUT2D eigenvalue weighted by Crippen LogP contribution is 2.29. The molecule has 0 atom stereocenters. The number of nitrogens with two attached hydrogens (primary N) is 1. The average molecular weight is 237 g/mol. The molecule has 1 amide bonds. The third kappa shape index (κ3) is 3.68. The van der Waals surface area contributed by atoms with Crippen LogP contribution in [-0.4, -0.2) is 19.0 Å². The van der Waals surface area contributed by atoms with Crippen molar-refractivity contribution in [2.75, 3.05) is 7.11 Å². The van der Waals surface area contributed by atoms with Crippen molar-refractivity contribution >= 4 is 24.3 Å². The first-order valence-corrected chi connectivity index (χ1v) is 4.77. The lowest BCUT2D eigenvalue weighted by atomic mass is 9.82. The van der Waals surface area contributed by atoms with Crippen LogP contribution in [0.4, 0.5) is 0 Å². The smallest absolute Gasteiger partial charge is 0.308 e. The van der Waals surface area contributed by atoms with Crippen LogP contribution in [0.3, 0.4) is 0 Å². The Bertz CT molecular complexity index is 203. The number of halogens is 1. The summed E-state index contributed by atoms with van der Waals surface area (Å²) in [5, 5.41) is 0. The summed E-state index contributed by atoms with van der Waals surface area (Å²) in [5.74, 6) is 4.65. The molecule has 0 bridgehead atoms. The van der Waals surface area contributed by atoms with E-state index in [2.05, 4.69) is 10.2 Å². The second kappa shape index (κ2) is 6.63. The molecule has 0 aromatic carbocycles. The van der Waals surface area contributed by atoms with Crippen LogP contribution in [0.2, 0.25) is 0 Å². The largest absolute Gasteiger partial charge is 0.469 e. The van der Waals surface area contributed by atoms with E-state index in [-0.39, 0.29) is 36.1 Å². The van der Waals surface area contributed by atoms with Gasteiger partial charge in [0.15, 0.2) is 0 Å². The van der Waals surface area contributed by atoms with E-state index < -0.39 is 0 Å². The van der Waals surface area contributed by atoms with Crippen LogP contribution in [0.15, 0.2) is 0 Å². The fourth-order valence-electron chi connectivity index (χ4n) is 1.88. The second-order valence-corrected chi connectivity index (χ2v) is 3.58. The molecular weight excluding hydrogens is 220 g/mol. The van der Waals surface area contributed by atoms with E-state index >= 15 is 0 Å². The Kier molecular flexibility index (Phi) is 6.27. The van der Waals surface area contributed by atoms with Crippen molar-refractivity contribution in [2.45, 2.75) is 25.7 Å². The summed E-state index contributed by atoms with van der Waals surface area (Å²) in [6.07, 6.45) is 2.85. The fraction of sp³-hybridized carbons (Fsp3) is 0.778. The number of hydrogen-bond donors (Lipinski definition) is 2. The van der Waals surface area contributed by atoms with Gasteiger partial charge in [0, 0.05) is 5.92 Å². The van der Waals surface area contributed by atoms with Gasteiger partial charge in [-0.3, -0.25) is 15.0 Å². The van der Waals surface area contributed by atoms with Crippen molar-refractivity contribution in [2.24, 2.45) is 17.7 Å². The quantitative estimate of drug-likeness (QED) is 0.314. The molecule has 0 unspecified atom stereocenters. The summed E-state index contributed by atoms with van der Waals surface area (Å²) >= 11 is 0. The van der Waals surface area contributed by atoms with E-state index in [0.29, 0.717) is 25.7 Å². The number of methoxy groups -OCH3 is 1. The van der Waals surface area contributed by atoms with Crippen LogP contribution in [0, 0.1) is 11.8 Å². The number of hydrazine groups is 1. The Labute approximate surface area is 95.1 Å². The van der Waals surface area contributed by atoms with Crippen LogP contribution in [0.1, 0.15) is 25.7 Å². The summed E-state index contributed by atoms with van der Waals surface area (Å²) in [4.78, 5) is 22.3. The molecule has 1 saturated carbocycles. The summed E-state index contributed by atoms with van der Waals surface area (Å²) in [6, 6.07) is 0. The van der Waals surface area contributed by atoms with E-state index in [1.165, 1.54) is 7.11 Å². The molecule has 0 saturated heterocycles. The number of esters is 1. The average Bonchev–Trinajstić information content (AvgIpc) is 2.27. The van der Waals surface area contributed by atoms with Gasteiger partial charge < -0.3 is 4.74 Å². The molecule has 1 aliphatic rings. The first-order valence-electron chi connectivity index (χ1n) is 4.77. The number of nitrogens with one attached hydrogen (secondary N) is 1. The van der Waals surface area contributed by atoms with Crippen molar-refractivity contribution in [3.8, 4) is 0 Å². The summed E-state index contributed by atoms with van der Waals surface area (Å²) in [7, 11) is 1.39. The Morgan fingerprint density at radius 2 is 1.67 bits per heavy atom. The van der Waals surface area contributed by atoms with Crippen LogP contribution >= 0.6 is 12.4 Å². The number of rotatable bonds is 2. The third-order valence-corrected chi connectivity index (χ3v) is 2.77. The first-order chi connectivity index (χ1) is 6.69. The maximum Gasteiger partial charge on any atom is 0.308 e. The Balaban J connectivity index is 0.00000196. The highest BCUT2D eigenvalue weighted by molar-refractivity contribution is 5.85. The van der Waals surface area contributed by atoms with Gasteiger partial charge >= 0.3 is 5.97 Å².